The summed E-state index contributed by atoms with van der Waals surface area (Å²) in [6.45, 7) is 6.30. The van der Waals surface area contributed by atoms with E-state index < -0.39 is 6.09 Å². The summed E-state index contributed by atoms with van der Waals surface area (Å²) in [5.41, 5.74) is 1.17. The number of carbonyl (C=O) groups is 1. The lowest BCUT2D eigenvalue weighted by molar-refractivity contribution is 0.117. The smallest absolute Gasteiger partial charge is 0.407 e. The van der Waals surface area contributed by atoms with Gasteiger partial charge in [0.2, 0.25) is 0 Å². The highest BCUT2D eigenvalue weighted by Gasteiger charge is 2.23. The minimum absolute atomic E-state index is 0.477. The van der Waals surface area contributed by atoms with Crippen molar-refractivity contribution in [2.75, 3.05) is 19.7 Å². The van der Waals surface area contributed by atoms with E-state index in [2.05, 4.69) is 29.8 Å². The first-order chi connectivity index (χ1) is 10.5. The molecule has 1 heterocycles. The molecule has 122 valence electrons. The van der Waals surface area contributed by atoms with E-state index in [4.69, 9.17) is 9.84 Å². The molecule has 4 nitrogen and oxygen atoms in total. The number of piperidine rings is 1. The highest BCUT2D eigenvalue weighted by molar-refractivity contribution is 9.10. The molecule has 1 aliphatic rings. The number of nitrogens with zero attached hydrogens (tertiary/aromatic N) is 1. The van der Waals surface area contributed by atoms with Crippen LogP contribution >= 0.6 is 15.9 Å². The van der Waals surface area contributed by atoms with Crippen molar-refractivity contribution in [1.82, 2.24) is 4.90 Å². The van der Waals surface area contributed by atoms with Crippen molar-refractivity contribution in [2.24, 2.45) is 11.8 Å². The molecule has 2 rings (SSSR count). The van der Waals surface area contributed by atoms with Crippen molar-refractivity contribution in [3.8, 4) is 5.75 Å². The summed E-state index contributed by atoms with van der Waals surface area (Å²) in [5.74, 6) is 2.00. The molecule has 5 heteroatoms. The highest BCUT2D eigenvalue weighted by Crippen LogP contribution is 2.26. The molecule has 1 N–H and O–H groups in total. The molecule has 1 atom stereocenters. The third-order valence-corrected chi connectivity index (χ3v) is 5.17. The summed E-state index contributed by atoms with van der Waals surface area (Å²) in [5, 5.41) is 8.96. The Morgan fingerprint density at radius 3 is 2.73 bits per heavy atom. The van der Waals surface area contributed by atoms with Gasteiger partial charge in [0.15, 0.2) is 0 Å². The SMILES string of the molecule is Cc1cc(OC[C@@H](C)CC2CCN(C(=O)O)CC2)ccc1Br. The van der Waals surface area contributed by atoms with Gasteiger partial charge < -0.3 is 14.7 Å². The van der Waals surface area contributed by atoms with Gasteiger partial charge in [0, 0.05) is 17.6 Å². The van der Waals surface area contributed by atoms with Gasteiger partial charge in [-0.3, -0.25) is 0 Å². The summed E-state index contributed by atoms with van der Waals surface area (Å²) in [7, 11) is 0. The predicted molar refractivity (Wildman–Crippen MR) is 90.5 cm³/mol. The van der Waals surface area contributed by atoms with Gasteiger partial charge in [-0.25, -0.2) is 4.79 Å². The Hall–Kier alpha value is -1.23. The van der Waals surface area contributed by atoms with Gasteiger partial charge in [-0.05, 0) is 61.8 Å². The first-order valence-corrected chi connectivity index (χ1v) is 8.62. The molecule has 0 unspecified atom stereocenters. The summed E-state index contributed by atoms with van der Waals surface area (Å²) in [6.07, 6.45) is 2.24. The molecular weight excluding hydrogens is 346 g/mol. The Morgan fingerprint density at radius 2 is 2.14 bits per heavy atom. The fraction of sp³-hybridized carbons (Fsp3) is 0.588. The van der Waals surface area contributed by atoms with E-state index in [1.165, 1.54) is 10.5 Å². The molecule has 0 spiro atoms. The third kappa shape index (κ3) is 4.90. The maximum absolute atomic E-state index is 10.9. The quantitative estimate of drug-likeness (QED) is 0.827. The second kappa shape index (κ2) is 7.86. The second-order valence-corrected chi connectivity index (χ2v) is 7.13. The zero-order chi connectivity index (χ0) is 16.1. The van der Waals surface area contributed by atoms with Crippen LogP contribution in [0, 0.1) is 18.8 Å². The van der Waals surface area contributed by atoms with Crippen LogP contribution in [-0.4, -0.2) is 35.8 Å². The van der Waals surface area contributed by atoms with E-state index in [-0.39, 0.29) is 0 Å². The number of benzene rings is 1. The Balaban J connectivity index is 1.73. The lowest BCUT2D eigenvalue weighted by Gasteiger charge is -2.31. The first kappa shape index (κ1) is 17.1. The summed E-state index contributed by atoms with van der Waals surface area (Å²) >= 11 is 3.49. The van der Waals surface area contributed by atoms with Crippen LogP contribution in [0.1, 0.15) is 31.7 Å². The van der Waals surface area contributed by atoms with Gasteiger partial charge in [-0.1, -0.05) is 22.9 Å². The number of likely N-dealkylation sites (tertiary alicyclic amines) is 1. The van der Waals surface area contributed by atoms with Crippen LogP contribution < -0.4 is 4.74 Å². The van der Waals surface area contributed by atoms with Crippen LogP contribution in [0.3, 0.4) is 0 Å². The molecule has 0 aliphatic carbocycles. The maximum atomic E-state index is 10.9. The van der Waals surface area contributed by atoms with E-state index in [9.17, 15) is 4.79 Å². The number of aryl methyl sites for hydroxylation is 1. The largest absolute Gasteiger partial charge is 0.493 e. The third-order valence-electron chi connectivity index (χ3n) is 4.28. The fourth-order valence-electron chi connectivity index (χ4n) is 2.94. The fourth-order valence-corrected chi connectivity index (χ4v) is 3.19. The van der Waals surface area contributed by atoms with Crippen LogP contribution in [0.25, 0.3) is 0 Å². The molecule has 22 heavy (non-hydrogen) atoms. The zero-order valence-electron chi connectivity index (χ0n) is 13.2. The van der Waals surface area contributed by atoms with E-state index in [0.717, 1.165) is 29.5 Å². The Labute approximate surface area is 140 Å². The molecule has 0 bridgehead atoms. The van der Waals surface area contributed by atoms with Crippen molar-refractivity contribution in [3.63, 3.8) is 0 Å². The average molecular weight is 370 g/mol. The van der Waals surface area contributed by atoms with Crippen LogP contribution in [0.5, 0.6) is 5.75 Å². The molecule has 1 aromatic rings. The monoisotopic (exact) mass is 369 g/mol. The minimum Gasteiger partial charge on any atom is -0.493 e. The lowest BCUT2D eigenvalue weighted by atomic mass is 9.88. The van der Waals surface area contributed by atoms with Crippen molar-refractivity contribution >= 4 is 22.0 Å². The van der Waals surface area contributed by atoms with Crippen LogP contribution in [0.15, 0.2) is 22.7 Å². The van der Waals surface area contributed by atoms with Crippen LogP contribution in [0.2, 0.25) is 0 Å². The Morgan fingerprint density at radius 1 is 1.45 bits per heavy atom. The van der Waals surface area contributed by atoms with Crippen molar-refractivity contribution < 1.29 is 14.6 Å². The standard InChI is InChI=1S/C17H24BrNO3/c1-12(9-14-5-7-19(8-6-14)17(20)21)11-22-15-3-4-16(18)13(2)10-15/h3-4,10,12,14H,5-9,11H2,1-2H3,(H,20,21)/t12-/m0/s1. The van der Waals surface area contributed by atoms with Gasteiger partial charge in [-0.2, -0.15) is 0 Å². The van der Waals surface area contributed by atoms with Crippen molar-refractivity contribution in [1.29, 1.82) is 0 Å². The second-order valence-electron chi connectivity index (χ2n) is 6.28. The summed E-state index contributed by atoms with van der Waals surface area (Å²) < 4.78 is 6.97. The van der Waals surface area contributed by atoms with Gasteiger partial charge in [-0.15, -0.1) is 0 Å². The first-order valence-electron chi connectivity index (χ1n) is 7.82. The maximum Gasteiger partial charge on any atom is 0.407 e. The Kier molecular flexibility index (Phi) is 6.12. The van der Waals surface area contributed by atoms with Crippen LogP contribution in [-0.2, 0) is 0 Å². The normalized spacial score (nSPS) is 17.3. The number of halogens is 1. The Bertz CT molecular complexity index is 513. The topological polar surface area (TPSA) is 49.8 Å². The molecule has 0 aromatic heterocycles. The molecule has 0 radical (unpaired) electrons. The summed E-state index contributed by atoms with van der Waals surface area (Å²) in [6, 6.07) is 6.04. The molecule has 0 saturated carbocycles. The molecular formula is C17H24BrNO3. The van der Waals surface area contributed by atoms with Gasteiger partial charge in [0.1, 0.15) is 5.75 Å². The highest BCUT2D eigenvalue weighted by atomic mass is 79.9. The van der Waals surface area contributed by atoms with Crippen molar-refractivity contribution in [2.45, 2.75) is 33.1 Å². The van der Waals surface area contributed by atoms with E-state index in [1.54, 1.807) is 0 Å². The molecule has 1 amide bonds. The van der Waals surface area contributed by atoms with Crippen LogP contribution in [0.4, 0.5) is 4.79 Å². The number of rotatable bonds is 5. The molecule has 1 saturated heterocycles. The number of hydrogen-bond donors (Lipinski definition) is 1. The number of ether oxygens (including phenoxy) is 1. The van der Waals surface area contributed by atoms with E-state index in [1.807, 2.05) is 18.2 Å². The lowest BCUT2D eigenvalue weighted by Crippen LogP contribution is -2.37. The van der Waals surface area contributed by atoms with Gasteiger partial charge in [0.25, 0.3) is 0 Å². The molecule has 1 aromatic carbocycles. The van der Waals surface area contributed by atoms with Gasteiger partial charge in [0.05, 0.1) is 6.61 Å². The summed E-state index contributed by atoms with van der Waals surface area (Å²) in [4.78, 5) is 12.4. The predicted octanol–water partition coefficient (Wildman–Crippen LogP) is 4.55. The molecule has 1 fully saturated rings. The number of carboxylic acid groups (broad SMARTS) is 1. The van der Waals surface area contributed by atoms with Crippen molar-refractivity contribution in [3.05, 3.63) is 28.2 Å². The number of amides is 1. The minimum atomic E-state index is -0.791. The van der Waals surface area contributed by atoms with Gasteiger partial charge >= 0.3 is 6.09 Å². The molecule has 1 aliphatic heterocycles. The zero-order valence-corrected chi connectivity index (χ0v) is 14.8. The average Bonchev–Trinajstić information content (AvgIpc) is 2.49. The van der Waals surface area contributed by atoms with E-state index >= 15 is 0 Å². The van der Waals surface area contributed by atoms with E-state index in [0.29, 0.717) is 31.5 Å². The number of hydrogen-bond acceptors (Lipinski definition) is 2.